The van der Waals surface area contributed by atoms with Crippen LogP contribution in [0.2, 0.25) is 0 Å². The van der Waals surface area contributed by atoms with Gasteiger partial charge in [0.1, 0.15) is 11.6 Å². The van der Waals surface area contributed by atoms with Crippen molar-refractivity contribution in [3.63, 3.8) is 0 Å². The fraction of sp³-hybridized carbons (Fsp3) is 0.526. The number of aromatic nitrogens is 2. The predicted octanol–water partition coefficient (Wildman–Crippen LogP) is 11.0. The average molecular weight is 673 g/mol. The molecule has 2 aromatic carbocycles. The van der Waals surface area contributed by atoms with Crippen LogP contribution in [0.15, 0.2) is 54.9 Å². The molecule has 0 aliphatic carbocycles. The van der Waals surface area contributed by atoms with Gasteiger partial charge < -0.3 is 9.47 Å². The third-order valence-electron chi connectivity index (χ3n) is 8.21. The number of rotatable bonds is 21. The zero-order chi connectivity index (χ0) is 34.8. The molecule has 6 nitrogen and oxygen atoms in total. The molecule has 1 atom stereocenters. The van der Waals surface area contributed by atoms with E-state index in [0.29, 0.717) is 17.8 Å². The maximum Gasteiger partial charge on any atom is 0.425 e. The van der Waals surface area contributed by atoms with Crippen molar-refractivity contribution in [1.82, 2.24) is 9.97 Å². The molecule has 10 heteroatoms. The van der Waals surface area contributed by atoms with E-state index in [1.165, 1.54) is 57.1 Å². The summed E-state index contributed by atoms with van der Waals surface area (Å²) in [4.78, 5) is 34.1. The number of nitrogens with zero attached hydrogens (tertiary/aromatic N) is 2. The first-order chi connectivity index (χ1) is 23.1. The van der Waals surface area contributed by atoms with Gasteiger partial charge in [-0.3, -0.25) is 0 Å². The van der Waals surface area contributed by atoms with Crippen LogP contribution >= 0.6 is 0 Å². The van der Waals surface area contributed by atoms with E-state index in [9.17, 15) is 27.2 Å². The maximum absolute atomic E-state index is 14.8. The highest BCUT2D eigenvalue weighted by Crippen LogP contribution is 2.29. The van der Waals surface area contributed by atoms with E-state index in [-0.39, 0.29) is 17.7 Å². The Hall–Kier alpha value is -3.82. The summed E-state index contributed by atoms with van der Waals surface area (Å²) in [5, 5.41) is 0. The lowest BCUT2D eigenvalue weighted by Crippen LogP contribution is -2.34. The summed E-state index contributed by atoms with van der Waals surface area (Å²) in [6.45, 7) is 4.26. The molecule has 0 spiro atoms. The van der Waals surface area contributed by atoms with Crippen LogP contribution in [0, 0.1) is 5.82 Å². The van der Waals surface area contributed by atoms with E-state index in [0.717, 1.165) is 62.3 Å². The third-order valence-corrected chi connectivity index (χ3v) is 8.21. The van der Waals surface area contributed by atoms with E-state index < -0.39 is 42.0 Å². The van der Waals surface area contributed by atoms with Crippen molar-refractivity contribution in [2.24, 2.45) is 0 Å². The molecule has 0 aliphatic heterocycles. The van der Waals surface area contributed by atoms with E-state index in [1.54, 1.807) is 12.1 Å². The van der Waals surface area contributed by atoms with Gasteiger partial charge in [-0.15, -0.1) is 0 Å². The summed E-state index contributed by atoms with van der Waals surface area (Å²) in [6, 6.07) is 9.24. The minimum atomic E-state index is -4.77. The van der Waals surface area contributed by atoms with Crippen LogP contribution in [0.3, 0.4) is 0 Å². The number of alkyl halides is 3. The highest BCUT2D eigenvalue weighted by molar-refractivity contribution is 5.92. The number of carbonyl (C=O) groups is 2. The van der Waals surface area contributed by atoms with Crippen molar-refractivity contribution in [2.45, 2.75) is 129 Å². The SMILES string of the molecule is CCCCCCCCCCc1cnc(-c2ccc(C(=O)Oc3ccc(C(=O)OC(CCCCCCCC)C(F)(F)F)c(F)c3)cc2)nc1. The molecule has 3 aromatic rings. The largest absolute Gasteiger partial charge is 0.449 e. The molecule has 0 N–H and O–H groups in total. The van der Waals surface area contributed by atoms with Crippen molar-refractivity contribution in [3.8, 4) is 17.1 Å². The topological polar surface area (TPSA) is 78.4 Å². The number of carbonyl (C=O) groups excluding carboxylic acids is 2. The summed E-state index contributed by atoms with van der Waals surface area (Å²) in [5.41, 5.74) is 1.27. The molecule has 0 saturated carbocycles. The van der Waals surface area contributed by atoms with Crippen LogP contribution in [-0.2, 0) is 11.2 Å². The summed E-state index contributed by atoms with van der Waals surface area (Å²) in [5.74, 6) is -3.08. The van der Waals surface area contributed by atoms with Gasteiger partial charge in [0.2, 0.25) is 0 Å². The number of benzene rings is 2. The monoisotopic (exact) mass is 672 g/mol. The van der Waals surface area contributed by atoms with E-state index in [1.807, 2.05) is 19.3 Å². The number of esters is 2. The second-order valence-corrected chi connectivity index (χ2v) is 12.2. The van der Waals surface area contributed by atoms with Crippen LogP contribution in [0.4, 0.5) is 17.6 Å². The summed E-state index contributed by atoms with van der Waals surface area (Å²) >= 11 is 0. The smallest absolute Gasteiger partial charge is 0.425 e. The highest BCUT2D eigenvalue weighted by Gasteiger charge is 2.42. The summed E-state index contributed by atoms with van der Waals surface area (Å²) in [6.07, 6.45) is 11.7. The molecule has 1 unspecified atom stereocenters. The summed E-state index contributed by atoms with van der Waals surface area (Å²) in [7, 11) is 0. The Labute approximate surface area is 281 Å². The second kappa shape index (κ2) is 20.5. The van der Waals surface area contributed by atoms with Gasteiger partial charge in [0.15, 0.2) is 11.9 Å². The first-order valence-electron chi connectivity index (χ1n) is 17.3. The van der Waals surface area contributed by atoms with Gasteiger partial charge in [-0.25, -0.2) is 23.9 Å². The number of hydrogen-bond acceptors (Lipinski definition) is 6. The molecular weight excluding hydrogens is 624 g/mol. The maximum atomic E-state index is 14.8. The van der Waals surface area contributed by atoms with Gasteiger partial charge in [0.05, 0.1) is 11.1 Å². The van der Waals surface area contributed by atoms with E-state index in [4.69, 9.17) is 4.74 Å². The molecule has 1 heterocycles. The average Bonchev–Trinajstić information content (AvgIpc) is 3.07. The Balaban J connectivity index is 1.49. The Kier molecular flexibility index (Phi) is 16.5. The first kappa shape index (κ1) is 38.6. The minimum absolute atomic E-state index is 0.177. The second-order valence-electron chi connectivity index (χ2n) is 12.2. The lowest BCUT2D eigenvalue weighted by Gasteiger charge is -2.21. The fourth-order valence-corrected chi connectivity index (χ4v) is 5.33. The summed E-state index contributed by atoms with van der Waals surface area (Å²) < 4.78 is 65.2. The lowest BCUT2D eigenvalue weighted by molar-refractivity contribution is -0.206. The van der Waals surface area contributed by atoms with Crippen molar-refractivity contribution in [3.05, 3.63) is 77.4 Å². The normalized spacial score (nSPS) is 12.1. The zero-order valence-electron chi connectivity index (χ0n) is 28.1. The molecule has 0 amide bonds. The van der Waals surface area contributed by atoms with Gasteiger partial charge in [-0.05, 0) is 55.5 Å². The van der Waals surface area contributed by atoms with Crippen molar-refractivity contribution in [1.29, 1.82) is 0 Å². The quantitative estimate of drug-likeness (QED) is 0.0485. The van der Waals surface area contributed by atoms with Crippen LogP contribution in [0.25, 0.3) is 11.4 Å². The molecule has 1 aromatic heterocycles. The Morgan fingerprint density at radius 3 is 1.85 bits per heavy atom. The number of halogens is 4. The van der Waals surface area contributed by atoms with Gasteiger partial charge in [-0.1, -0.05) is 103 Å². The molecule has 262 valence electrons. The van der Waals surface area contributed by atoms with E-state index >= 15 is 0 Å². The molecule has 3 rings (SSSR count). The van der Waals surface area contributed by atoms with Gasteiger partial charge in [0, 0.05) is 24.0 Å². The molecule has 0 saturated heterocycles. The number of hydrogen-bond donors (Lipinski definition) is 0. The number of unbranched alkanes of at least 4 members (excludes halogenated alkanes) is 12. The lowest BCUT2D eigenvalue weighted by atomic mass is 10.1. The molecule has 0 fully saturated rings. The molecule has 0 radical (unpaired) electrons. The Bertz CT molecular complexity index is 1400. The standard InChI is InChI=1S/C38H48F4N2O4/c1-3-5-7-9-11-12-13-15-17-28-26-43-35(44-27-28)29-19-21-30(22-20-29)36(45)47-31-23-24-32(33(39)25-31)37(46)48-34(38(40,41)42)18-16-14-10-8-6-4-2/h19-27,34H,3-18H2,1-2H3. The Morgan fingerprint density at radius 2 is 1.29 bits per heavy atom. The van der Waals surface area contributed by atoms with Crippen molar-refractivity contribution < 1.29 is 36.6 Å². The van der Waals surface area contributed by atoms with Crippen LogP contribution in [0.1, 0.15) is 136 Å². The minimum Gasteiger partial charge on any atom is -0.449 e. The van der Waals surface area contributed by atoms with Gasteiger partial charge in [0.25, 0.3) is 0 Å². The molecule has 0 bridgehead atoms. The predicted molar refractivity (Wildman–Crippen MR) is 178 cm³/mol. The Morgan fingerprint density at radius 1 is 0.729 bits per heavy atom. The zero-order valence-corrected chi connectivity index (χ0v) is 28.1. The third kappa shape index (κ3) is 13.4. The van der Waals surface area contributed by atoms with E-state index in [2.05, 4.69) is 21.6 Å². The van der Waals surface area contributed by atoms with Crippen LogP contribution < -0.4 is 4.74 Å². The number of ether oxygens (including phenoxy) is 2. The first-order valence-corrected chi connectivity index (χ1v) is 17.3. The number of aryl methyl sites for hydroxylation is 1. The fourth-order valence-electron chi connectivity index (χ4n) is 5.33. The van der Waals surface area contributed by atoms with Crippen LogP contribution in [-0.4, -0.2) is 34.2 Å². The highest BCUT2D eigenvalue weighted by atomic mass is 19.4. The van der Waals surface area contributed by atoms with Gasteiger partial charge >= 0.3 is 18.1 Å². The molecular formula is C38H48F4N2O4. The van der Waals surface area contributed by atoms with Crippen molar-refractivity contribution in [2.75, 3.05) is 0 Å². The van der Waals surface area contributed by atoms with Gasteiger partial charge in [-0.2, -0.15) is 13.2 Å². The van der Waals surface area contributed by atoms with Crippen LogP contribution in [0.5, 0.6) is 5.75 Å². The molecule has 48 heavy (non-hydrogen) atoms. The molecule has 0 aliphatic rings. The van der Waals surface area contributed by atoms with Crippen molar-refractivity contribution >= 4 is 11.9 Å².